The maximum Gasteiger partial charge on any atom is 0.257 e. The standard InChI is InChI=1S/C47H44N3/c1-32-28-29-48(6)45(30-32)41-27-26-37(36-19-8-7-9-20-36)31-42(41)47(5,50-35(4)18-15-25-44(50)38-21-11-10-16-33(38)2)46-40-23-13-12-22-39(40)43-24-14-17-34(3)49(43)46/h7-31,46H,1-6H3/q+3. The van der Waals surface area contributed by atoms with E-state index in [1.54, 1.807) is 0 Å². The highest BCUT2D eigenvalue weighted by Gasteiger charge is 2.60. The van der Waals surface area contributed by atoms with Crippen molar-refractivity contribution >= 4 is 0 Å². The predicted molar refractivity (Wildman–Crippen MR) is 202 cm³/mol. The van der Waals surface area contributed by atoms with Crippen molar-refractivity contribution in [3.8, 4) is 44.9 Å². The smallest absolute Gasteiger partial charge is 0.201 e. The molecule has 1 aliphatic rings. The van der Waals surface area contributed by atoms with E-state index in [-0.39, 0.29) is 6.04 Å². The number of nitrogens with zero attached hydrogens (tertiary/aromatic N) is 3. The minimum Gasteiger partial charge on any atom is -0.201 e. The highest BCUT2D eigenvalue weighted by Crippen LogP contribution is 2.47. The first-order chi connectivity index (χ1) is 24.3. The summed E-state index contributed by atoms with van der Waals surface area (Å²) < 4.78 is 7.52. The Labute approximate surface area is 296 Å². The molecule has 8 rings (SSSR count). The molecule has 3 aromatic heterocycles. The molecule has 3 heteroatoms. The molecule has 0 bridgehead atoms. The number of fused-ring (bicyclic) bond motifs is 3. The van der Waals surface area contributed by atoms with Crippen LogP contribution in [0.4, 0.5) is 0 Å². The van der Waals surface area contributed by atoms with Gasteiger partial charge in [0.05, 0.1) is 11.1 Å². The quantitative estimate of drug-likeness (QED) is 0.159. The lowest BCUT2D eigenvalue weighted by atomic mass is 9.75. The summed E-state index contributed by atoms with van der Waals surface area (Å²) in [7, 11) is 2.17. The fourth-order valence-corrected chi connectivity index (χ4v) is 8.49. The zero-order valence-electron chi connectivity index (χ0n) is 29.9. The van der Waals surface area contributed by atoms with Gasteiger partial charge >= 0.3 is 0 Å². The number of pyridine rings is 3. The Morgan fingerprint density at radius 2 is 1.20 bits per heavy atom. The van der Waals surface area contributed by atoms with Crippen molar-refractivity contribution in [3.05, 3.63) is 185 Å². The van der Waals surface area contributed by atoms with Crippen LogP contribution in [0.2, 0.25) is 0 Å². The van der Waals surface area contributed by atoms with Crippen LogP contribution >= 0.6 is 0 Å². The van der Waals surface area contributed by atoms with E-state index in [0.717, 1.165) is 0 Å². The minimum atomic E-state index is -0.613. The summed E-state index contributed by atoms with van der Waals surface area (Å²) in [5.74, 6) is 0. The Morgan fingerprint density at radius 3 is 1.98 bits per heavy atom. The second-order valence-electron chi connectivity index (χ2n) is 14.1. The molecule has 4 aromatic carbocycles. The lowest BCUT2D eigenvalue weighted by Gasteiger charge is -2.33. The molecule has 0 fully saturated rings. The molecule has 1 aliphatic heterocycles. The van der Waals surface area contributed by atoms with Crippen LogP contribution in [0.15, 0.2) is 152 Å². The van der Waals surface area contributed by atoms with Gasteiger partial charge in [0.2, 0.25) is 17.1 Å². The van der Waals surface area contributed by atoms with Crippen LogP contribution in [0.25, 0.3) is 44.9 Å². The van der Waals surface area contributed by atoms with Gasteiger partial charge in [0, 0.05) is 73.9 Å². The fraction of sp³-hybridized carbons (Fsp3) is 0.170. The summed E-state index contributed by atoms with van der Waals surface area (Å²) in [6, 6.07) is 53.8. The topological polar surface area (TPSA) is 11.6 Å². The molecular formula is C47H44N3+3. The Morgan fingerprint density at radius 1 is 0.520 bits per heavy atom. The minimum absolute atomic E-state index is 0.0522. The third kappa shape index (κ3) is 4.99. The average molecular weight is 651 g/mol. The molecule has 0 spiro atoms. The first-order valence-corrected chi connectivity index (χ1v) is 17.6. The fourth-order valence-electron chi connectivity index (χ4n) is 8.49. The second kappa shape index (κ2) is 12.3. The van der Waals surface area contributed by atoms with Gasteiger partial charge < -0.3 is 0 Å². The summed E-state index contributed by atoms with van der Waals surface area (Å²) in [4.78, 5) is 0. The maximum atomic E-state index is 2.65. The second-order valence-corrected chi connectivity index (χ2v) is 14.1. The molecule has 0 aliphatic carbocycles. The number of aryl methyl sites for hydroxylation is 5. The van der Waals surface area contributed by atoms with Crippen LogP contribution in [-0.2, 0) is 12.6 Å². The van der Waals surface area contributed by atoms with Gasteiger partial charge in [0.1, 0.15) is 7.05 Å². The molecule has 244 valence electrons. The van der Waals surface area contributed by atoms with E-state index in [1.165, 1.54) is 78.5 Å². The third-order valence-electron chi connectivity index (χ3n) is 10.9. The summed E-state index contributed by atoms with van der Waals surface area (Å²) in [6.45, 7) is 11.4. The molecule has 0 saturated carbocycles. The van der Waals surface area contributed by atoms with E-state index >= 15 is 0 Å². The summed E-state index contributed by atoms with van der Waals surface area (Å²) >= 11 is 0. The van der Waals surface area contributed by atoms with Gasteiger partial charge in [0.25, 0.3) is 11.6 Å². The molecule has 4 heterocycles. The van der Waals surface area contributed by atoms with Crippen molar-refractivity contribution in [1.82, 2.24) is 0 Å². The van der Waals surface area contributed by atoms with Gasteiger partial charge in [-0.15, -0.1) is 0 Å². The van der Waals surface area contributed by atoms with E-state index in [9.17, 15) is 0 Å². The molecule has 50 heavy (non-hydrogen) atoms. The molecule has 7 aromatic rings. The highest BCUT2D eigenvalue weighted by molar-refractivity contribution is 5.74. The molecule has 2 unspecified atom stereocenters. The van der Waals surface area contributed by atoms with Gasteiger partial charge in [-0.25, -0.2) is 4.57 Å². The molecule has 0 saturated heterocycles. The Hall–Kier alpha value is -5.67. The van der Waals surface area contributed by atoms with E-state index in [4.69, 9.17) is 0 Å². The van der Waals surface area contributed by atoms with E-state index in [2.05, 4.69) is 207 Å². The van der Waals surface area contributed by atoms with Crippen molar-refractivity contribution in [1.29, 1.82) is 0 Å². The molecule has 2 atom stereocenters. The molecular weight excluding hydrogens is 607 g/mol. The molecule has 3 nitrogen and oxygen atoms in total. The summed E-state index contributed by atoms with van der Waals surface area (Å²) in [5.41, 5.74) is 16.8. The zero-order valence-corrected chi connectivity index (χ0v) is 29.9. The Kier molecular flexibility index (Phi) is 7.79. The predicted octanol–water partition coefficient (Wildman–Crippen LogP) is 9.35. The van der Waals surface area contributed by atoms with Crippen molar-refractivity contribution in [3.63, 3.8) is 0 Å². The lowest BCUT2D eigenvalue weighted by Crippen LogP contribution is -2.67. The van der Waals surface area contributed by atoms with Gasteiger partial charge in [-0.2, -0.15) is 9.13 Å². The summed E-state index contributed by atoms with van der Waals surface area (Å²) in [5, 5.41) is 0. The molecule has 0 N–H and O–H groups in total. The van der Waals surface area contributed by atoms with Crippen molar-refractivity contribution < 1.29 is 13.7 Å². The first-order valence-electron chi connectivity index (χ1n) is 17.6. The van der Waals surface area contributed by atoms with E-state index in [1.807, 2.05) is 0 Å². The number of hydrogen-bond donors (Lipinski definition) is 0. The monoisotopic (exact) mass is 650 g/mol. The van der Waals surface area contributed by atoms with Crippen molar-refractivity contribution in [2.75, 3.05) is 0 Å². The number of aromatic nitrogens is 3. The van der Waals surface area contributed by atoms with Gasteiger partial charge in [0.15, 0.2) is 17.6 Å². The van der Waals surface area contributed by atoms with Crippen LogP contribution in [0, 0.1) is 27.7 Å². The van der Waals surface area contributed by atoms with Crippen LogP contribution in [0.1, 0.15) is 46.6 Å². The van der Waals surface area contributed by atoms with Gasteiger partial charge in [-0.1, -0.05) is 72.8 Å². The first kappa shape index (κ1) is 31.6. The van der Waals surface area contributed by atoms with Gasteiger partial charge in [-0.3, -0.25) is 0 Å². The summed E-state index contributed by atoms with van der Waals surface area (Å²) in [6.07, 6.45) is 2.19. The average Bonchev–Trinajstić information content (AvgIpc) is 3.49. The molecule has 0 radical (unpaired) electrons. The Balaban J connectivity index is 1.57. The van der Waals surface area contributed by atoms with Crippen LogP contribution in [0.5, 0.6) is 0 Å². The normalized spacial score (nSPS) is 14.6. The Bertz CT molecular complexity index is 2410. The SMILES string of the molecule is Cc1cc[n+](C)c(-c2ccc(-c3ccccc3)cc2C(C)(C2c3ccccc3-c3cccc(C)[n+]32)[n+]2c(C)cccc2-c2ccccc2C)c1. The van der Waals surface area contributed by atoms with Crippen molar-refractivity contribution in [2.24, 2.45) is 7.05 Å². The number of benzene rings is 4. The van der Waals surface area contributed by atoms with Crippen LogP contribution in [-0.4, -0.2) is 0 Å². The zero-order chi connectivity index (χ0) is 34.6. The van der Waals surface area contributed by atoms with Crippen LogP contribution < -0.4 is 13.7 Å². The van der Waals surface area contributed by atoms with Gasteiger partial charge in [-0.05, 0) is 72.5 Å². The number of hydrogen-bond acceptors (Lipinski definition) is 0. The highest BCUT2D eigenvalue weighted by atomic mass is 15.2. The number of rotatable bonds is 6. The largest absolute Gasteiger partial charge is 0.257 e. The van der Waals surface area contributed by atoms with Crippen LogP contribution in [0.3, 0.4) is 0 Å². The third-order valence-corrected chi connectivity index (χ3v) is 10.9. The van der Waals surface area contributed by atoms with Crippen molar-refractivity contribution in [2.45, 2.75) is 46.2 Å². The maximum absolute atomic E-state index is 2.65. The lowest BCUT2D eigenvalue weighted by molar-refractivity contribution is -0.824. The molecule has 0 amide bonds. The van der Waals surface area contributed by atoms with E-state index < -0.39 is 5.54 Å². The van der Waals surface area contributed by atoms with E-state index in [0.29, 0.717) is 0 Å².